The Labute approximate surface area is 154 Å². The molecule has 2 aromatic rings. The molecule has 1 unspecified atom stereocenters. The Kier molecular flexibility index (Phi) is 6.12. The highest BCUT2D eigenvalue weighted by Gasteiger charge is 2.30. The van der Waals surface area contributed by atoms with Crippen LogP contribution in [-0.2, 0) is 11.3 Å². The Morgan fingerprint density at radius 1 is 1.12 bits per heavy atom. The molecule has 1 heterocycles. The average molecular weight is 355 g/mol. The first-order chi connectivity index (χ1) is 12.7. The topological polar surface area (TPSA) is 59.0 Å². The number of carbonyl (C=O) groups is 1. The molecule has 1 fully saturated rings. The van der Waals surface area contributed by atoms with E-state index in [1.807, 2.05) is 54.6 Å². The smallest absolute Gasteiger partial charge is 0.410 e. The van der Waals surface area contributed by atoms with Crippen LogP contribution < -0.4 is 4.74 Å². The van der Waals surface area contributed by atoms with Crippen LogP contribution in [0.4, 0.5) is 4.79 Å². The first-order valence-electron chi connectivity index (χ1n) is 8.95. The van der Waals surface area contributed by atoms with Crippen LogP contribution >= 0.6 is 0 Å². The van der Waals surface area contributed by atoms with Crippen molar-refractivity contribution in [2.75, 3.05) is 20.2 Å². The van der Waals surface area contributed by atoms with Gasteiger partial charge in [0.25, 0.3) is 0 Å². The normalized spacial score (nSPS) is 16.2. The number of hydrogen-bond acceptors (Lipinski definition) is 4. The number of carbonyl (C=O) groups excluding carboxylic acids is 1. The maximum Gasteiger partial charge on any atom is 0.410 e. The summed E-state index contributed by atoms with van der Waals surface area (Å²) in [5.41, 5.74) is 1.78. The SMILES string of the molecule is COc1ccccc1C(O)C1CCN(C(=O)OCc2ccccc2)CC1. The minimum atomic E-state index is -0.589. The van der Waals surface area contributed by atoms with Gasteiger partial charge in [-0.25, -0.2) is 4.79 Å². The number of benzene rings is 2. The highest BCUT2D eigenvalue weighted by atomic mass is 16.6. The number of piperidine rings is 1. The van der Waals surface area contributed by atoms with Crippen LogP contribution in [-0.4, -0.2) is 36.3 Å². The molecule has 1 saturated heterocycles. The lowest BCUT2D eigenvalue weighted by atomic mass is 9.87. The summed E-state index contributed by atoms with van der Waals surface area (Å²) < 4.78 is 10.7. The zero-order valence-corrected chi connectivity index (χ0v) is 15.0. The standard InChI is InChI=1S/C21H25NO4/c1-25-19-10-6-5-9-18(19)20(23)17-11-13-22(14-12-17)21(24)26-15-16-7-3-2-4-8-16/h2-10,17,20,23H,11-15H2,1H3. The second-order valence-electron chi connectivity index (χ2n) is 6.55. The third-order valence-electron chi connectivity index (χ3n) is 4.91. The van der Waals surface area contributed by atoms with Gasteiger partial charge in [-0.05, 0) is 30.4 Å². The third kappa shape index (κ3) is 4.35. The largest absolute Gasteiger partial charge is 0.496 e. The van der Waals surface area contributed by atoms with E-state index >= 15 is 0 Å². The second kappa shape index (κ2) is 8.72. The third-order valence-corrected chi connectivity index (χ3v) is 4.91. The molecule has 1 amide bonds. The fourth-order valence-corrected chi connectivity index (χ4v) is 3.37. The summed E-state index contributed by atoms with van der Waals surface area (Å²) in [5.74, 6) is 0.800. The maximum atomic E-state index is 12.2. The summed E-state index contributed by atoms with van der Waals surface area (Å²) >= 11 is 0. The van der Waals surface area contributed by atoms with Crippen molar-refractivity contribution >= 4 is 6.09 Å². The predicted molar refractivity (Wildman–Crippen MR) is 98.9 cm³/mol. The zero-order chi connectivity index (χ0) is 18.4. The minimum absolute atomic E-state index is 0.101. The van der Waals surface area contributed by atoms with Crippen LogP contribution in [0.1, 0.15) is 30.1 Å². The van der Waals surface area contributed by atoms with Gasteiger partial charge < -0.3 is 19.5 Å². The first-order valence-corrected chi connectivity index (χ1v) is 8.95. The highest BCUT2D eigenvalue weighted by Crippen LogP contribution is 2.35. The van der Waals surface area contributed by atoms with E-state index in [1.165, 1.54) is 0 Å². The van der Waals surface area contributed by atoms with E-state index in [0.717, 1.165) is 24.0 Å². The van der Waals surface area contributed by atoms with E-state index in [1.54, 1.807) is 12.0 Å². The molecule has 0 saturated carbocycles. The van der Waals surface area contributed by atoms with Crippen molar-refractivity contribution in [3.63, 3.8) is 0 Å². The van der Waals surface area contributed by atoms with Crippen LogP contribution in [0.2, 0.25) is 0 Å². The Bertz CT molecular complexity index is 711. The van der Waals surface area contributed by atoms with Crippen LogP contribution in [0, 0.1) is 5.92 Å². The molecule has 1 aliphatic heterocycles. The lowest BCUT2D eigenvalue weighted by Crippen LogP contribution is -2.40. The fourth-order valence-electron chi connectivity index (χ4n) is 3.37. The molecule has 0 radical (unpaired) electrons. The molecule has 5 heteroatoms. The molecular formula is C21H25NO4. The van der Waals surface area contributed by atoms with Gasteiger partial charge in [0, 0.05) is 18.7 Å². The van der Waals surface area contributed by atoms with Crippen LogP contribution in [0.5, 0.6) is 5.75 Å². The van der Waals surface area contributed by atoms with Crippen LogP contribution in [0.25, 0.3) is 0 Å². The molecule has 0 bridgehead atoms. The van der Waals surface area contributed by atoms with Crippen molar-refractivity contribution in [2.24, 2.45) is 5.92 Å². The lowest BCUT2D eigenvalue weighted by molar-refractivity contribution is 0.0439. The number of aliphatic hydroxyl groups excluding tert-OH is 1. The molecule has 1 N–H and O–H groups in total. The van der Waals surface area contributed by atoms with Gasteiger partial charge in [-0.3, -0.25) is 0 Å². The predicted octanol–water partition coefficient (Wildman–Crippen LogP) is 3.78. The molecule has 0 spiro atoms. The number of para-hydroxylation sites is 1. The number of likely N-dealkylation sites (tertiary alicyclic amines) is 1. The maximum absolute atomic E-state index is 12.2. The number of hydrogen-bond donors (Lipinski definition) is 1. The van der Waals surface area contributed by atoms with Gasteiger partial charge >= 0.3 is 6.09 Å². The number of methoxy groups -OCH3 is 1. The molecule has 0 aromatic heterocycles. The van der Waals surface area contributed by atoms with Crippen molar-refractivity contribution < 1.29 is 19.4 Å². The summed E-state index contributed by atoms with van der Waals surface area (Å²) in [4.78, 5) is 14.0. The van der Waals surface area contributed by atoms with Gasteiger partial charge in [-0.15, -0.1) is 0 Å². The molecular weight excluding hydrogens is 330 g/mol. The number of amides is 1. The van der Waals surface area contributed by atoms with Crippen LogP contribution in [0.3, 0.4) is 0 Å². The molecule has 26 heavy (non-hydrogen) atoms. The second-order valence-corrected chi connectivity index (χ2v) is 6.55. The van der Waals surface area contributed by atoms with Gasteiger partial charge in [-0.2, -0.15) is 0 Å². The quantitative estimate of drug-likeness (QED) is 0.887. The van der Waals surface area contributed by atoms with Crippen molar-refractivity contribution in [1.29, 1.82) is 0 Å². The van der Waals surface area contributed by atoms with Gasteiger partial charge in [0.05, 0.1) is 13.2 Å². The van der Waals surface area contributed by atoms with E-state index in [2.05, 4.69) is 0 Å². The lowest BCUT2D eigenvalue weighted by Gasteiger charge is -2.34. The van der Waals surface area contributed by atoms with E-state index in [-0.39, 0.29) is 18.6 Å². The molecule has 1 atom stereocenters. The molecule has 2 aromatic carbocycles. The van der Waals surface area contributed by atoms with Gasteiger partial charge in [0.15, 0.2) is 0 Å². The monoisotopic (exact) mass is 355 g/mol. The Morgan fingerprint density at radius 2 is 1.77 bits per heavy atom. The van der Waals surface area contributed by atoms with Crippen molar-refractivity contribution in [2.45, 2.75) is 25.6 Å². The average Bonchev–Trinajstić information content (AvgIpc) is 2.72. The summed E-state index contributed by atoms with van der Waals surface area (Å²) in [6, 6.07) is 17.2. The molecule has 0 aliphatic carbocycles. The van der Waals surface area contributed by atoms with E-state index in [0.29, 0.717) is 18.8 Å². The number of nitrogens with zero attached hydrogens (tertiary/aromatic N) is 1. The van der Waals surface area contributed by atoms with Gasteiger partial charge in [0.1, 0.15) is 12.4 Å². The summed E-state index contributed by atoms with van der Waals surface area (Å²) in [7, 11) is 1.61. The Hall–Kier alpha value is -2.53. The highest BCUT2D eigenvalue weighted by molar-refractivity contribution is 5.67. The van der Waals surface area contributed by atoms with Gasteiger partial charge in [0.2, 0.25) is 0 Å². The molecule has 1 aliphatic rings. The Morgan fingerprint density at radius 3 is 2.46 bits per heavy atom. The van der Waals surface area contributed by atoms with E-state index in [4.69, 9.17) is 9.47 Å². The number of ether oxygens (including phenoxy) is 2. The first kappa shape index (κ1) is 18.3. The van der Waals surface area contributed by atoms with Crippen molar-refractivity contribution in [3.05, 3.63) is 65.7 Å². The van der Waals surface area contributed by atoms with E-state index in [9.17, 15) is 9.90 Å². The molecule has 5 nitrogen and oxygen atoms in total. The summed E-state index contributed by atoms with van der Waals surface area (Å²) in [5, 5.41) is 10.7. The van der Waals surface area contributed by atoms with Crippen LogP contribution in [0.15, 0.2) is 54.6 Å². The number of rotatable bonds is 5. The molecule has 138 valence electrons. The molecule has 3 rings (SSSR count). The van der Waals surface area contributed by atoms with Crippen molar-refractivity contribution in [3.8, 4) is 5.75 Å². The Balaban J connectivity index is 1.51. The number of aliphatic hydroxyl groups is 1. The van der Waals surface area contributed by atoms with Crippen molar-refractivity contribution in [1.82, 2.24) is 4.90 Å². The van der Waals surface area contributed by atoms with Gasteiger partial charge in [-0.1, -0.05) is 48.5 Å². The fraction of sp³-hybridized carbons (Fsp3) is 0.381. The van der Waals surface area contributed by atoms with E-state index < -0.39 is 6.10 Å². The summed E-state index contributed by atoms with van der Waals surface area (Å²) in [6.45, 7) is 1.46. The minimum Gasteiger partial charge on any atom is -0.496 e. The summed E-state index contributed by atoms with van der Waals surface area (Å²) in [6.07, 6.45) is 0.590. The zero-order valence-electron chi connectivity index (χ0n) is 15.0.